The fourth-order valence-electron chi connectivity index (χ4n) is 1.44. The number of unbranched alkanes of at least 4 members (excludes halogenated alkanes) is 1. The van der Waals surface area contributed by atoms with Gasteiger partial charge in [0, 0.05) is 0 Å². The number of rotatable bonds is 6. The summed E-state index contributed by atoms with van der Waals surface area (Å²) >= 11 is 0. The van der Waals surface area contributed by atoms with Crippen LogP contribution in [0.3, 0.4) is 0 Å². The van der Waals surface area contributed by atoms with Gasteiger partial charge in [-0.2, -0.15) is 5.26 Å². The molecule has 0 aliphatic rings. The van der Waals surface area contributed by atoms with Gasteiger partial charge in [0.15, 0.2) is 0 Å². The summed E-state index contributed by atoms with van der Waals surface area (Å²) in [5, 5.41) is 8.95. The molecule has 1 atom stereocenters. The van der Waals surface area contributed by atoms with Crippen LogP contribution in [0.1, 0.15) is 46.0 Å². The van der Waals surface area contributed by atoms with Gasteiger partial charge in [-0.1, -0.05) is 33.1 Å². The van der Waals surface area contributed by atoms with Crippen molar-refractivity contribution in [1.29, 1.82) is 5.26 Å². The van der Waals surface area contributed by atoms with E-state index < -0.39 is 11.3 Å². The van der Waals surface area contributed by atoms with Gasteiger partial charge in [0.1, 0.15) is 5.41 Å². The molecule has 0 fully saturated rings. The SMILES string of the molecule is CCCCC(C#N)(CCC)C(N)=O. The molecule has 0 heterocycles. The van der Waals surface area contributed by atoms with Gasteiger partial charge < -0.3 is 5.73 Å². The molecule has 0 aromatic carbocycles. The lowest BCUT2D eigenvalue weighted by atomic mass is 9.79. The molecule has 0 aliphatic carbocycles. The molecule has 1 unspecified atom stereocenters. The van der Waals surface area contributed by atoms with E-state index in [2.05, 4.69) is 6.07 Å². The van der Waals surface area contributed by atoms with Crippen molar-refractivity contribution in [3.63, 3.8) is 0 Å². The predicted octanol–water partition coefficient (Wildman–Crippen LogP) is 1.97. The second kappa shape index (κ2) is 5.58. The van der Waals surface area contributed by atoms with Crippen LogP contribution in [0.25, 0.3) is 0 Å². The smallest absolute Gasteiger partial charge is 0.237 e. The van der Waals surface area contributed by atoms with E-state index in [1.54, 1.807) is 0 Å². The molecule has 1 amide bonds. The summed E-state index contributed by atoms with van der Waals surface area (Å²) < 4.78 is 0. The molecule has 3 heteroatoms. The van der Waals surface area contributed by atoms with Crippen LogP contribution in [0.4, 0.5) is 0 Å². The number of primary amides is 1. The number of nitrogens with zero attached hydrogens (tertiary/aromatic N) is 1. The monoisotopic (exact) mass is 182 g/mol. The Kier molecular flexibility index (Phi) is 5.13. The van der Waals surface area contributed by atoms with Crippen molar-refractivity contribution < 1.29 is 4.79 Å². The minimum atomic E-state index is -0.912. The fourth-order valence-corrected chi connectivity index (χ4v) is 1.44. The van der Waals surface area contributed by atoms with Gasteiger partial charge in [-0.15, -0.1) is 0 Å². The van der Waals surface area contributed by atoms with Gasteiger partial charge in [-0.25, -0.2) is 0 Å². The summed E-state index contributed by atoms with van der Waals surface area (Å²) in [5.74, 6) is -0.467. The van der Waals surface area contributed by atoms with Crippen LogP contribution in [0, 0.1) is 16.7 Å². The Morgan fingerprint density at radius 3 is 2.31 bits per heavy atom. The average Bonchev–Trinajstić information content (AvgIpc) is 2.12. The van der Waals surface area contributed by atoms with Crippen LogP contribution in [0.5, 0.6) is 0 Å². The minimum Gasteiger partial charge on any atom is -0.368 e. The lowest BCUT2D eigenvalue weighted by Gasteiger charge is -2.21. The van der Waals surface area contributed by atoms with E-state index in [4.69, 9.17) is 11.0 Å². The number of carbonyl (C=O) groups excluding carboxylic acids is 1. The quantitative estimate of drug-likeness (QED) is 0.682. The molecule has 0 aromatic rings. The van der Waals surface area contributed by atoms with Crippen molar-refractivity contribution in [2.45, 2.75) is 46.0 Å². The van der Waals surface area contributed by atoms with Crippen LogP contribution in [0.15, 0.2) is 0 Å². The molecule has 0 aromatic heterocycles. The molecule has 74 valence electrons. The Morgan fingerprint density at radius 2 is 2.00 bits per heavy atom. The summed E-state index contributed by atoms with van der Waals surface area (Å²) in [6.45, 7) is 4.00. The van der Waals surface area contributed by atoms with Crippen LogP contribution in [0.2, 0.25) is 0 Å². The zero-order chi connectivity index (χ0) is 10.3. The number of nitriles is 1. The fraction of sp³-hybridized carbons (Fsp3) is 0.800. The number of hydrogen-bond donors (Lipinski definition) is 1. The van der Waals surface area contributed by atoms with Gasteiger partial charge in [0.25, 0.3) is 0 Å². The summed E-state index contributed by atoms with van der Waals surface area (Å²) in [6, 6.07) is 2.08. The number of nitrogens with two attached hydrogens (primary N) is 1. The van der Waals surface area contributed by atoms with E-state index in [-0.39, 0.29) is 0 Å². The van der Waals surface area contributed by atoms with Crippen molar-refractivity contribution in [3.8, 4) is 6.07 Å². The van der Waals surface area contributed by atoms with Gasteiger partial charge in [-0.3, -0.25) is 4.79 Å². The average molecular weight is 182 g/mol. The first-order chi connectivity index (χ1) is 6.13. The molecule has 13 heavy (non-hydrogen) atoms. The van der Waals surface area contributed by atoms with Gasteiger partial charge >= 0.3 is 0 Å². The second-order valence-electron chi connectivity index (χ2n) is 3.41. The molecule has 0 saturated carbocycles. The zero-order valence-electron chi connectivity index (χ0n) is 8.47. The lowest BCUT2D eigenvalue weighted by Crippen LogP contribution is -2.35. The third kappa shape index (κ3) is 3.06. The molecule has 3 nitrogen and oxygen atoms in total. The van der Waals surface area contributed by atoms with E-state index in [1.165, 1.54) is 0 Å². The highest BCUT2D eigenvalue weighted by Gasteiger charge is 2.34. The van der Waals surface area contributed by atoms with Crippen molar-refractivity contribution in [3.05, 3.63) is 0 Å². The van der Waals surface area contributed by atoms with E-state index >= 15 is 0 Å². The Morgan fingerprint density at radius 1 is 1.38 bits per heavy atom. The normalized spacial score (nSPS) is 14.5. The molecule has 0 saturated heterocycles. The van der Waals surface area contributed by atoms with Crippen LogP contribution >= 0.6 is 0 Å². The first kappa shape index (κ1) is 12.0. The first-order valence-corrected chi connectivity index (χ1v) is 4.84. The molecule has 0 rings (SSSR count). The maximum absolute atomic E-state index is 11.1. The van der Waals surface area contributed by atoms with E-state index in [1.807, 2.05) is 13.8 Å². The topological polar surface area (TPSA) is 66.9 Å². The second-order valence-corrected chi connectivity index (χ2v) is 3.41. The van der Waals surface area contributed by atoms with Crippen molar-refractivity contribution >= 4 is 5.91 Å². The summed E-state index contributed by atoms with van der Waals surface area (Å²) in [6.07, 6.45) is 3.87. The maximum Gasteiger partial charge on any atom is 0.237 e. The van der Waals surface area contributed by atoms with E-state index in [0.717, 1.165) is 19.3 Å². The Bertz CT molecular complexity index is 207. The van der Waals surface area contributed by atoms with Crippen LogP contribution < -0.4 is 5.73 Å². The van der Waals surface area contributed by atoms with Gasteiger partial charge in [-0.05, 0) is 12.8 Å². The maximum atomic E-state index is 11.1. The summed E-state index contributed by atoms with van der Waals surface area (Å²) in [5.41, 5.74) is 4.34. The van der Waals surface area contributed by atoms with E-state index in [0.29, 0.717) is 12.8 Å². The highest BCUT2D eigenvalue weighted by Crippen LogP contribution is 2.29. The van der Waals surface area contributed by atoms with Crippen LogP contribution in [-0.2, 0) is 4.79 Å². The van der Waals surface area contributed by atoms with Crippen molar-refractivity contribution in [1.82, 2.24) is 0 Å². The molecule has 0 bridgehead atoms. The predicted molar refractivity (Wildman–Crippen MR) is 51.7 cm³/mol. The van der Waals surface area contributed by atoms with Gasteiger partial charge in [0.2, 0.25) is 5.91 Å². The minimum absolute atomic E-state index is 0.467. The standard InChI is InChI=1S/C10H18N2O/c1-3-5-7-10(8-11,6-4-2)9(12)13/h3-7H2,1-2H3,(H2,12,13). The number of hydrogen-bond acceptors (Lipinski definition) is 2. The lowest BCUT2D eigenvalue weighted by molar-refractivity contribution is -0.125. The Hall–Kier alpha value is -1.04. The molecular formula is C10H18N2O. The van der Waals surface area contributed by atoms with Crippen molar-refractivity contribution in [2.24, 2.45) is 11.1 Å². The molecule has 0 aliphatic heterocycles. The third-order valence-electron chi connectivity index (χ3n) is 2.32. The Labute approximate surface area is 79.9 Å². The number of amides is 1. The highest BCUT2D eigenvalue weighted by atomic mass is 16.1. The molecular weight excluding hydrogens is 164 g/mol. The van der Waals surface area contributed by atoms with Crippen LogP contribution in [-0.4, -0.2) is 5.91 Å². The number of carbonyl (C=O) groups is 1. The highest BCUT2D eigenvalue weighted by molar-refractivity contribution is 5.83. The Balaban J connectivity index is 4.47. The molecule has 2 N–H and O–H groups in total. The summed E-state index contributed by atoms with van der Waals surface area (Å²) in [7, 11) is 0. The van der Waals surface area contributed by atoms with Gasteiger partial charge in [0.05, 0.1) is 6.07 Å². The summed E-state index contributed by atoms with van der Waals surface area (Å²) in [4.78, 5) is 11.1. The first-order valence-electron chi connectivity index (χ1n) is 4.84. The zero-order valence-corrected chi connectivity index (χ0v) is 8.47. The molecule has 0 radical (unpaired) electrons. The largest absolute Gasteiger partial charge is 0.368 e. The van der Waals surface area contributed by atoms with Crippen molar-refractivity contribution in [2.75, 3.05) is 0 Å². The van der Waals surface area contributed by atoms with E-state index in [9.17, 15) is 4.79 Å². The third-order valence-corrected chi connectivity index (χ3v) is 2.32. The molecule has 0 spiro atoms.